The maximum absolute atomic E-state index is 13.1. The number of piperidine rings is 1. The minimum Gasteiger partial charge on any atom is -0.515 e. The van der Waals surface area contributed by atoms with E-state index in [1.165, 1.54) is 25.0 Å². The average Bonchev–Trinajstić information content (AvgIpc) is 3.54. The molecule has 2 saturated heterocycles. The van der Waals surface area contributed by atoms with Gasteiger partial charge in [-0.1, -0.05) is 23.8 Å². The molecule has 2 aliphatic carbocycles. The van der Waals surface area contributed by atoms with E-state index >= 15 is 0 Å². The molecular formula is C31H45N3O3. The Hall–Kier alpha value is -2.60. The molecule has 0 radical (unpaired) electrons. The lowest BCUT2D eigenvalue weighted by molar-refractivity contribution is -0.125. The van der Waals surface area contributed by atoms with Crippen molar-refractivity contribution >= 4 is 11.6 Å². The Morgan fingerprint density at radius 3 is 2.49 bits per heavy atom. The molecule has 0 aromatic heterocycles. The third-order valence-electron chi connectivity index (χ3n) is 9.44. The summed E-state index contributed by atoms with van der Waals surface area (Å²) in [6, 6.07) is 0.395. The first-order chi connectivity index (χ1) is 17.7. The highest BCUT2D eigenvalue weighted by atomic mass is 16.3. The molecule has 0 aromatic carbocycles. The number of carbonyl (C=O) groups excluding carboxylic acids is 1. The van der Waals surface area contributed by atoms with Gasteiger partial charge in [0, 0.05) is 43.9 Å². The van der Waals surface area contributed by atoms with Gasteiger partial charge in [0.15, 0.2) is 0 Å². The molecule has 1 amide bonds. The van der Waals surface area contributed by atoms with Gasteiger partial charge in [0.25, 0.3) is 5.91 Å². The number of rotatable bonds is 7. The standard InChI is InChI=1S/C31H45N3O3/c1-21(8-9-22(2)36)23(3)31-12-15-34(19-25-10-11-25)24(4)28(31)17-26(29(18-31)32-5)16-27(20-35)30(37)33-13-6-7-14-33/h8-9,16,20,24-25,28,35-36H,2,6-7,10-15,17-19H2,1,3-5H3/b9-8-,23-21+,26-16?,27-20?,32-29?. The quantitative estimate of drug-likeness (QED) is 0.255. The molecule has 2 N–H and O–H groups in total. The smallest absolute Gasteiger partial charge is 0.256 e. The van der Waals surface area contributed by atoms with E-state index in [9.17, 15) is 15.0 Å². The predicted octanol–water partition coefficient (Wildman–Crippen LogP) is 5.91. The third-order valence-corrected chi connectivity index (χ3v) is 9.44. The number of likely N-dealkylation sites (tertiary alicyclic amines) is 2. The lowest BCUT2D eigenvalue weighted by Gasteiger charge is -2.56. The topological polar surface area (TPSA) is 76.4 Å². The molecule has 37 heavy (non-hydrogen) atoms. The number of hydrogen-bond donors (Lipinski definition) is 2. The summed E-state index contributed by atoms with van der Waals surface area (Å²) in [7, 11) is 1.84. The molecule has 0 spiro atoms. The zero-order chi connectivity index (χ0) is 26.7. The average molecular weight is 508 g/mol. The van der Waals surface area contributed by atoms with Crippen molar-refractivity contribution in [2.45, 2.75) is 71.8 Å². The van der Waals surface area contributed by atoms with E-state index in [-0.39, 0.29) is 17.1 Å². The lowest BCUT2D eigenvalue weighted by Crippen LogP contribution is -2.56. The molecule has 0 aromatic rings. The Bertz CT molecular complexity index is 1060. The zero-order valence-electron chi connectivity index (χ0n) is 23.2. The van der Waals surface area contributed by atoms with Gasteiger partial charge in [-0.2, -0.15) is 0 Å². The Morgan fingerprint density at radius 2 is 1.89 bits per heavy atom. The van der Waals surface area contributed by atoms with Crippen molar-refractivity contribution in [2.24, 2.45) is 22.2 Å². The second kappa shape index (κ2) is 11.4. The molecule has 4 fully saturated rings. The fourth-order valence-electron chi connectivity index (χ4n) is 6.84. The second-order valence-corrected chi connectivity index (χ2v) is 11.6. The highest BCUT2D eigenvalue weighted by Gasteiger charge is 2.52. The first-order valence-electron chi connectivity index (χ1n) is 14.0. The monoisotopic (exact) mass is 507 g/mol. The van der Waals surface area contributed by atoms with Gasteiger partial charge in [0.1, 0.15) is 5.76 Å². The van der Waals surface area contributed by atoms with E-state index in [0.29, 0.717) is 17.5 Å². The van der Waals surface area contributed by atoms with Crippen molar-refractivity contribution < 1.29 is 15.0 Å². The van der Waals surface area contributed by atoms with E-state index < -0.39 is 0 Å². The molecule has 3 atom stereocenters. The molecule has 2 saturated carbocycles. The van der Waals surface area contributed by atoms with Crippen molar-refractivity contribution in [1.82, 2.24) is 9.80 Å². The van der Waals surface area contributed by atoms with Crippen LogP contribution in [0.25, 0.3) is 0 Å². The molecule has 4 rings (SSSR count). The first kappa shape index (κ1) is 27.4. The molecule has 6 heteroatoms. The van der Waals surface area contributed by atoms with Gasteiger partial charge in [0.05, 0.1) is 11.8 Å². The van der Waals surface area contributed by atoms with Crippen LogP contribution in [0.15, 0.2) is 64.1 Å². The normalized spacial score (nSPS) is 32.2. The van der Waals surface area contributed by atoms with Crippen LogP contribution >= 0.6 is 0 Å². The van der Waals surface area contributed by atoms with E-state index in [1.807, 2.05) is 24.1 Å². The van der Waals surface area contributed by atoms with Crippen molar-refractivity contribution in [1.29, 1.82) is 0 Å². The van der Waals surface area contributed by atoms with Gasteiger partial charge < -0.3 is 20.0 Å². The SMILES string of the molecule is C=C(O)/C=C\C(C)=C(/C)C12CCN(CC3CC3)C(C)C1CC(=CC(=CO)C(=O)N1CCCC1)C(=NC)C2. The number of amides is 1. The fraction of sp³-hybridized carbons (Fsp3) is 0.613. The summed E-state index contributed by atoms with van der Waals surface area (Å²) in [5.74, 6) is 1.16. The van der Waals surface area contributed by atoms with Crippen LogP contribution in [0.5, 0.6) is 0 Å². The van der Waals surface area contributed by atoms with E-state index in [1.54, 1.807) is 6.08 Å². The summed E-state index contributed by atoms with van der Waals surface area (Å²) in [4.78, 5) is 22.4. The van der Waals surface area contributed by atoms with Crippen LogP contribution < -0.4 is 0 Å². The first-order valence-corrected chi connectivity index (χ1v) is 14.0. The third kappa shape index (κ3) is 5.79. The summed E-state index contributed by atoms with van der Waals surface area (Å²) < 4.78 is 0. The molecule has 4 aliphatic rings. The summed E-state index contributed by atoms with van der Waals surface area (Å²) in [6.07, 6.45) is 13.9. The van der Waals surface area contributed by atoms with Crippen LogP contribution in [-0.4, -0.2) is 70.9 Å². The molecule has 6 nitrogen and oxygen atoms in total. The van der Waals surface area contributed by atoms with Crippen LogP contribution in [0, 0.1) is 17.3 Å². The predicted molar refractivity (Wildman–Crippen MR) is 151 cm³/mol. The molecule has 202 valence electrons. The van der Waals surface area contributed by atoms with E-state index in [2.05, 4.69) is 32.3 Å². The Morgan fingerprint density at radius 1 is 1.19 bits per heavy atom. The van der Waals surface area contributed by atoms with Gasteiger partial charge >= 0.3 is 0 Å². The second-order valence-electron chi connectivity index (χ2n) is 11.6. The van der Waals surface area contributed by atoms with Crippen LogP contribution in [0.2, 0.25) is 0 Å². The molecule has 2 aliphatic heterocycles. The largest absolute Gasteiger partial charge is 0.515 e. The van der Waals surface area contributed by atoms with Crippen molar-refractivity contribution in [3.8, 4) is 0 Å². The highest BCUT2D eigenvalue weighted by molar-refractivity contribution is 6.05. The lowest BCUT2D eigenvalue weighted by atomic mass is 9.54. The summed E-state index contributed by atoms with van der Waals surface area (Å²) in [5.41, 5.74) is 4.91. The van der Waals surface area contributed by atoms with Gasteiger partial charge in [-0.05, 0) is 102 Å². The van der Waals surface area contributed by atoms with Crippen molar-refractivity contribution in [2.75, 3.05) is 33.2 Å². The summed E-state index contributed by atoms with van der Waals surface area (Å²) >= 11 is 0. The maximum Gasteiger partial charge on any atom is 0.256 e. The van der Waals surface area contributed by atoms with E-state index in [4.69, 9.17) is 4.99 Å². The highest BCUT2D eigenvalue weighted by Crippen LogP contribution is 2.55. The number of hydrogen-bond acceptors (Lipinski definition) is 5. The minimum atomic E-state index is -0.0897. The number of fused-ring (bicyclic) bond motifs is 1. The fourth-order valence-corrected chi connectivity index (χ4v) is 6.84. The number of nitrogens with zero attached hydrogens (tertiary/aromatic N) is 3. The molecule has 3 unspecified atom stereocenters. The van der Waals surface area contributed by atoms with Crippen LogP contribution in [0.3, 0.4) is 0 Å². The molecular weight excluding hydrogens is 462 g/mol. The van der Waals surface area contributed by atoms with Gasteiger partial charge in [-0.15, -0.1) is 0 Å². The summed E-state index contributed by atoms with van der Waals surface area (Å²) in [6.45, 7) is 14.1. The Labute approximate surface area is 222 Å². The number of carbonyl (C=O) groups is 1. The van der Waals surface area contributed by atoms with Crippen LogP contribution in [0.1, 0.15) is 65.7 Å². The number of allylic oxidation sites excluding steroid dienone is 5. The van der Waals surface area contributed by atoms with Crippen molar-refractivity contribution in [3.63, 3.8) is 0 Å². The zero-order valence-corrected chi connectivity index (χ0v) is 23.2. The van der Waals surface area contributed by atoms with Crippen molar-refractivity contribution in [3.05, 3.63) is 59.1 Å². The van der Waals surface area contributed by atoms with Gasteiger partial charge in [-0.3, -0.25) is 9.79 Å². The molecule has 2 heterocycles. The van der Waals surface area contributed by atoms with Gasteiger partial charge in [-0.25, -0.2) is 0 Å². The van der Waals surface area contributed by atoms with E-state index in [0.717, 1.165) is 80.8 Å². The Balaban J connectivity index is 1.71. The minimum absolute atomic E-state index is 0.0427. The molecule has 0 bridgehead atoms. The van der Waals surface area contributed by atoms with Crippen LogP contribution in [-0.2, 0) is 4.79 Å². The maximum atomic E-state index is 13.1. The summed E-state index contributed by atoms with van der Waals surface area (Å²) in [5, 5.41) is 19.7. The Kier molecular flexibility index (Phi) is 8.47. The number of aliphatic hydroxyl groups excluding tert-OH is 2. The number of aliphatic hydroxyl groups is 2. The van der Waals surface area contributed by atoms with Crippen LogP contribution in [0.4, 0.5) is 0 Å². The van der Waals surface area contributed by atoms with Gasteiger partial charge in [0.2, 0.25) is 0 Å². The number of aliphatic imine (C=N–C) groups is 1.